The van der Waals surface area contributed by atoms with Gasteiger partial charge in [0, 0.05) is 19.0 Å². The van der Waals surface area contributed by atoms with Crippen LogP contribution in [0.5, 0.6) is 5.75 Å². The average molecular weight is 476 g/mol. The van der Waals surface area contributed by atoms with Crippen LogP contribution in [-0.2, 0) is 14.3 Å². The monoisotopic (exact) mass is 475 g/mol. The smallest absolute Gasteiger partial charge is 0.210 e. The van der Waals surface area contributed by atoms with Crippen LogP contribution in [0, 0.1) is 11.3 Å². The maximum absolute atomic E-state index is 14.0. The molecule has 1 aromatic heterocycles. The van der Waals surface area contributed by atoms with Crippen molar-refractivity contribution >= 4 is 17.4 Å². The molecular formula is C26H41N3O5. The van der Waals surface area contributed by atoms with Crippen molar-refractivity contribution in [3.05, 3.63) is 12.0 Å². The van der Waals surface area contributed by atoms with Crippen LogP contribution in [0.4, 0.5) is 5.82 Å². The van der Waals surface area contributed by atoms with Crippen LogP contribution in [0.25, 0.3) is 0 Å². The molecule has 1 saturated carbocycles. The van der Waals surface area contributed by atoms with Crippen molar-refractivity contribution in [1.82, 2.24) is 9.97 Å². The van der Waals surface area contributed by atoms with Crippen LogP contribution in [-0.4, -0.2) is 60.2 Å². The zero-order valence-corrected chi connectivity index (χ0v) is 21.7. The van der Waals surface area contributed by atoms with Crippen molar-refractivity contribution in [3.63, 3.8) is 0 Å². The molecule has 2 fully saturated rings. The molecule has 0 spiro atoms. The Morgan fingerprint density at radius 1 is 1.26 bits per heavy atom. The van der Waals surface area contributed by atoms with Crippen LogP contribution >= 0.6 is 0 Å². The summed E-state index contributed by atoms with van der Waals surface area (Å²) >= 11 is 0. The van der Waals surface area contributed by atoms with E-state index < -0.39 is 17.1 Å². The third kappa shape index (κ3) is 4.47. The van der Waals surface area contributed by atoms with E-state index in [0.717, 1.165) is 19.3 Å². The van der Waals surface area contributed by atoms with E-state index in [1.165, 1.54) is 0 Å². The number of rotatable bonds is 11. The molecule has 0 N–H and O–H groups in total. The minimum atomic E-state index is -0.950. The van der Waals surface area contributed by atoms with Gasteiger partial charge in [0.25, 0.3) is 0 Å². The van der Waals surface area contributed by atoms with Gasteiger partial charge in [0.2, 0.25) is 5.78 Å². The number of methoxy groups -OCH3 is 1. The van der Waals surface area contributed by atoms with Crippen LogP contribution in [0.15, 0.2) is 6.20 Å². The van der Waals surface area contributed by atoms with E-state index in [1.54, 1.807) is 13.3 Å². The number of ketones is 2. The zero-order chi connectivity index (χ0) is 24.9. The normalized spacial score (nSPS) is 25.2. The highest BCUT2D eigenvalue weighted by molar-refractivity contribution is 6.11. The Bertz CT molecular complexity index is 870. The first-order valence-corrected chi connectivity index (χ1v) is 12.9. The molecule has 2 aliphatic rings. The van der Waals surface area contributed by atoms with Crippen LogP contribution in [0.2, 0.25) is 0 Å². The molecule has 8 nitrogen and oxygen atoms in total. The molecule has 8 heteroatoms. The Kier molecular flexibility index (Phi) is 8.68. The first-order valence-electron chi connectivity index (χ1n) is 12.9. The Morgan fingerprint density at radius 2 is 1.97 bits per heavy atom. The number of Topliss-reactive ketones (excluding diaryl/α,β-unsaturated/α-hetero) is 2. The summed E-state index contributed by atoms with van der Waals surface area (Å²) in [6.07, 6.45) is 6.42. The van der Waals surface area contributed by atoms with Crippen molar-refractivity contribution in [2.75, 3.05) is 31.8 Å². The minimum absolute atomic E-state index is 0.0700. The second-order valence-corrected chi connectivity index (χ2v) is 9.44. The van der Waals surface area contributed by atoms with Gasteiger partial charge in [-0.2, -0.15) is 0 Å². The fraction of sp³-hybridized carbons (Fsp3) is 0.769. The number of hydrogen-bond acceptors (Lipinski definition) is 8. The van der Waals surface area contributed by atoms with Gasteiger partial charge in [-0.15, -0.1) is 0 Å². The fourth-order valence-electron chi connectivity index (χ4n) is 5.76. The van der Waals surface area contributed by atoms with Gasteiger partial charge in [0.05, 0.1) is 37.9 Å². The Labute approximate surface area is 203 Å². The molecule has 190 valence electrons. The lowest BCUT2D eigenvalue weighted by atomic mass is 9.60. The third-order valence-corrected chi connectivity index (χ3v) is 7.78. The Morgan fingerprint density at radius 3 is 2.53 bits per heavy atom. The van der Waals surface area contributed by atoms with Crippen molar-refractivity contribution < 1.29 is 23.8 Å². The summed E-state index contributed by atoms with van der Waals surface area (Å²) in [6, 6.07) is 0.214. The van der Waals surface area contributed by atoms with Crippen LogP contribution < -0.4 is 9.64 Å². The summed E-state index contributed by atoms with van der Waals surface area (Å²) in [6.45, 7) is 12.0. The van der Waals surface area contributed by atoms with Gasteiger partial charge in [-0.25, -0.2) is 9.97 Å². The molecule has 0 amide bonds. The average Bonchev–Trinajstić information content (AvgIpc) is 3.34. The summed E-state index contributed by atoms with van der Waals surface area (Å²) in [4.78, 5) is 38.8. The van der Waals surface area contributed by atoms with Gasteiger partial charge in [-0.05, 0) is 39.5 Å². The molecule has 1 aliphatic carbocycles. The van der Waals surface area contributed by atoms with E-state index >= 15 is 0 Å². The van der Waals surface area contributed by atoms with Crippen molar-refractivity contribution in [2.24, 2.45) is 11.3 Å². The molecule has 3 atom stereocenters. The van der Waals surface area contributed by atoms with E-state index in [9.17, 15) is 9.59 Å². The Balaban J connectivity index is 1.98. The van der Waals surface area contributed by atoms with Gasteiger partial charge in [0.15, 0.2) is 29.0 Å². The van der Waals surface area contributed by atoms with E-state index in [4.69, 9.17) is 14.2 Å². The van der Waals surface area contributed by atoms with E-state index in [-0.39, 0.29) is 23.4 Å². The third-order valence-electron chi connectivity index (χ3n) is 7.78. The number of carbonyl (C=O) groups excluding carboxylic acids is 2. The largest absolute Gasteiger partial charge is 0.491 e. The van der Waals surface area contributed by atoms with Gasteiger partial charge >= 0.3 is 0 Å². The number of hydrogen-bond donors (Lipinski definition) is 0. The van der Waals surface area contributed by atoms with Crippen LogP contribution in [0.3, 0.4) is 0 Å². The first-order chi connectivity index (χ1) is 16.3. The maximum atomic E-state index is 14.0. The zero-order valence-electron chi connectivity index (χ0n) is 21.7. The molecule has 1 aromatic rings. The standard InChI is InChI=1S/C26H41N3O5/c1-7-13-26(33-15-16-34-26)25(9-3)14-11-12-19(22(25)31)21(30)23-27-17-20(32-6)24(28-23)29(10-4)18(5)8-2/h17-19H,7-16H2,1-6H3/t18-,19?,25+/m1/s1. The summed E-state index contributed by atoms with van der Waals surface area (Å²) in [5.74, 6) is -0.976. The molecule has 0 radical (unpaired) electrons. The molecule has 0 aromatic carbocycles. The van der Waals surface area contributed by atoms with Crippen molar-refractivity contribution in [2.45, 2.75) is 91.4 Å². The summed E-state index contributed by atoms with van der Waals surface area (Å²) in [5, 5.41) is 0. The first kappa shape index (κ1) is 26.5. The molecule has 1 aliphatic heterocycles. The van der Waals surface area contributed by atoms with E-state index in [1.807, 2.05) is 13.8 Å². The summed E-state index contributed by atoms with van der Waals surface area (Å²) < 4.78 is 17.8. The Hall–Kier alpha value is -2.06. The fourth-order valence-corrected chi connectivity index (χ4v) is 5.76. The lowest BCUT2D eigenvalue weighted by Crippen LogP contribution is -2.58. The molecule has 1 saturated heterocycles. The minimum Gasteiger partial charge on any atom is -0.491 e. The number of ether oxygens (including phenoxy) is 3. The highest BCUT2D eigenvalue weighted by Crippen LogP contribution is 2.53. The highest BCUT2D eigenvalue weighted by atomic mass is 16.7. The summed E-state index contributed by atoms with van der Waals surface area (Å²) in [7, 11) is 1.57. The molecule has 0 bridgehead atoms. The second-order valence-electron chi connectivity index (χ2n) is 9.44. The topological polar surface area (TPSA) is 90.9 Å². The number of anilines is 1. The van der Waals surface area contributed by atoms with Gasteiger partial charge < -0.3 is 19.1 Å². The number of nitrogens with zero attached hydrogens (tertiary/aromatic N) is 3. The van der Waals surface area contributed by atoms with E-state index in [0.29, 0.717) is 57.0 Å². The molecule has 2 heterocycles. The number of carbonyl (C=O) groups is 2. The lowest BCUT2D eigenvalue weighted by molar-refractivity contribution is -0.244. The predicted molar refractivity (Wildman–Crippen MR) is 130 cm³/mol. The second kappa shape index (κ2) is 11.1. The number of aromatic nitrogens is 2. The molecule has 3 rings (SSSR count). The van der Waals surface area contributed by atoms with Gasteiger partial charge in [0.1, 0.15) is 0 Å². The predicted octanol–water partition coefficient (Wildman–Crippen LogP) is 4.60. The lowest BCUT2D eigenvalue weighted by Gasteiger charge is -2.49. The summed E-state index contributed by atoms with van der Waals surface area (Å²) in [5.41, 5.74) is -0.834. The van der Waals surface area contributed by atoms with Crippen LogP contribution in [0.1, 0.15) is 90.2 Å². The van der Waals surface area contributed by atoms with Gasteiger partial charge in [-0.3, -0.25) is 9.59 Å². The van der Waals surface area contributed by atoms with Gasteiger partial charge in [-0.1, -0.05) is 33.6 Å². The van der Waals surface area contributed by atoms with Crippen molar-refractivity contribution in [3.8, 4) is 5.75 Å². The van der Waals surface area contributed by atoms with E-state index in [2.05, 4.69) is 35.6 Å². The molecular weight excluding hydrogens is 434 g/mol. The molecule has 1 unspecified atom stereocenters. The SMILES string of the molecule is CCCC1([C@@]2(CC)CCCC(C(=O)c3ncc(OC)c(N(CC)[C@H](C)CC)n3)C2=O)OCCO1. The quantitative estimate of drug-likeness (QED) is 0.339. The maximum Gasteiger partial charge on any atom is 0.210 e. The molecule has 34 heavy (non-hydrogen) atoms. The highest BCUT2D eigenvalue weighted by Gasteiger charge is 2.61. The van der Waals surface area contributed by atoms with Crippen molar-refractivity contribution in [1.29, 1.82) is 0 Å².